The van der Waals surface area contributed by atoms with E-state index >= 15 is 0 Å². The van der Waals surface area contributed by atoms with Crippen molar-refractivity contribution in [3.63, 3.8) is 0 Å². The van der Waals surface area contributed by atoms with Crippen molar-refractivity contribution in [1.29, 1.82) is 0 Å². The van der Waals surface area contributed by atoms with Crippen molar-refractivity contribution in [3.05, 3.63) is 0 Å². The minimum Gasteiger partial charge on any atom is -0.343 e. The lowest BCUT2D eigenvalue weighted by Crippen LogP contribution is -2.49. The van der Waals surface area contributed by atoms with Crippen LogP contribution in [0.3, 0.4) is 0 Å². The summed E-state index contributed by atoms with van der Waals surface area (Å²) in [6.45, 7) is 8.54. The minimum absolute atomic E-state index is 0.455. The Morgan fingerprint density at radius 2 is 1.41 bits per heavy atom. The van der Waals surface area contributed by atoms with Crippen LogP contribution in [0.2, 0.25) is 0 Å². The summed E-state index contributed by atoms with van der Waals surface area (Å²) in [7, 11) is 2.26. The maximum absolute atomic E-state index is 12.6. The van der Waals surface area contributed by atoms with Crippen LogP contribution < -0.4 is 0 Å². The van der Waals surface area contributed by atoms with E-state index in [1.807, 2.05) is 0 Å². The number of carbonyl (C=O) groups is 1. The number of hydrogen-bond donors (Lipinski definition) is 0. The molecule has 3 saturated heterocycles. The lowest BCUT2D eigenvalue weighted by molar-refractivity contribution is -0.135. The first-order valence-electron chi connectivity index (χ1n) is 11.8. The molecule has 4 heteroatoms. The van der Waals surface area contributed by atoms with E-state index in [4.69, 9.17) is 0 Å². The van der Waals surface area contributed by atoms with Gasteiger partial charge in [-0.05, 0) is 102 Å². The summed E-state index contributed by atoms with van der Waals surface area (Å²) < 4.78 is 0. The van der Waals surface area contributed by atoms with Gasteiger partial charge in [0.1, 0.15) is 0 Å². The highest BCUT2D eigenvalue weighted by Crippen LogP contribution is 2.42. The van der Waals surface area contributed by atoms with Gasteiger partial charge >= 0.3 is 0 Å². The third kappa shape index (κ3) is 5.06. The molecule has 0 bridgehead atoms. The second-order valence-corrected chi connectivity index (χ2v) is 10.3. The predicted octanol–water partition coefficient (Wildman–Crippen LogP) is 3.61. The third-order valence-electron chi connectivity index (χ3n) is 8.39. The number of rotatable bonds is 4. The van der Waals surface area contributed by atoms with E-state index < -0.39 is 0 Å². The van der Waals surface area contributed by atoms with Gasteiger partial charge in [-0.15, -0.1) is 0 Å². The first-order valence-corrected chi connectivity index (χ1v) is 11.8. The highest BCUT2D eigenvalue weighted by atomic mass is 16.2. The molecule has 0 N–H and O–H groups in total. The average Bonchev–Trinajstić information content (AvgIpc) is 3.19. The van der Waals surface area contributed by atoms with Crippen LogP contribution >= 0.6 is 0 Å². The fourth-order valence-corrected chi connectivity index (χ4v) is 6.14. The molecular weight excluding hydrogens is 334 g/mol. The van der Waals surface area contributed by atoms with E-state index in [1.165, 1.54) is 96.9 Å². The van der Waals surface area contributed by atoms with Gasteiger partial charge < -0.3 is 14.7 Å². The summed E-state index contributed by atoms with van der Waals surface area (Å²) in [6.07, 6.45) is 14.1. The van der Waals surface area contributed by atoms with E-state index in [9.17, 15) is 4.79 Å². The molecule has 0 aromatic carbocycles. The average molecular weight is 376 g/mol. The van der Waals surface area contributed by atoms with Gasteiger partial charge in [0, 0.05) is 26.1 Å². The Morgan fingerprint density at radius 1 is 0.815 bits per heavy atom. The summed E-state index contributed by atoms with van der Waals surface area (Å²) in [5.74, 6) is 2.07. The quantitative estimate of drug-likeness (QED) is 0.751. The van der Waals surface area contributed by atoms with Crippen LogP contribution in [-0.2, 0) is 4.79 Å². The van der Waals surface area contributed by atoms with Gasteiger partial charge in [0.2, 0.25) is 5.91 Å². The largest absolute Gasteiger partial charge is 0.343 e. The van der Waals surface area contributed by atoms with Crippen LogP contribution in [-0.4, -0.2) is 73.5 Å². The van der Waals surface area contributed by atoms with Crippen LogP contribution in [0, 0.1) is 17.3 Å². The molecule has 3 heterocycles. The van der Waals surface area contributed by atoms with Gasteiger partial charge in [0.05, 0.1) is 0 Å². The number of amides is 1. The molecule has 0 unspecified atom stereocenters. The number of carbonyl (C=O) groups excluding carboxylic acids is 1. The first-order chi connectivity index (χ1) is 13.1. The lowest BCUT2D eigenvalue weighted by Gasteiger charge is -2.47. The van der Waals surface area contributed by atoms with Gasteiger partial charge in [-0.1, -0.05) is 12.8 Å². The SMILES string of the molecule is CN1CCC(CN2CCC3(CC2)CCN(C(=O)CC2CCCC2)CC3)CC1. The van der Waals surface area contributed by atoms with Crippen molar-refractivity contribution in [1.82, 2.24) is 14.7 Å². The van der Waals surface area contributed by atoms with Gasteiger partial charge in [0.25, 0.3) is 0 Å². The van der Waals surface area contributed by atoms with Crippen LogP contribution in [0.25, 0.3) is 0 Å². The Labute approximate surface area is 166 Å². The van der Waals surface area contributed by atoms with E-state index in [2.05, 4.69) is 21.7 Å². The zero-order chi connectivity index (χ0) is 18.7. The summed E-state index contributed by atoms with van der Waals surface area (Å²) in [6, 6.07) is 0. The zero-order valence-corrected chi connectivity index (χ0v) is 17.6. The highest BCUT2D eigenvalue weighted by molar-refractivity contribution is 5.76. The number of likely N-dealkylation sites (tertiary alicyclic amines) is 3. The summed E-state index contributed by atoms with van der Waals surface area (Å²) in [5.41, 5.74) is 0.549. The molecule has 0 aromatic rings. The Hall–Kier alpha value is -0.610. The fourth-order valence-electron chi connectivity index (χ4n) is 6.14. The standard InChI is InChI=1S/C23H41N3O/c1-24-12-6-21(7-13-24)19-25-14-8-23(9-15-25)10-16-26(17-11-23)22(27)18-20-4-2-3-5-20/h20-21H,2-19H2,1H3. The second kappa shape index (κ2) is 8.82. The van der Waals surface area contributed by atoms with Crippen LogP contribution in [0.15, 0.2) is 0 Å². The molecule has 1 saturated carbocycles. The van der Waals surface area contributed by atoms with Crippen molar-refractivity contribution >= 4 is 5.91 Å². The van der Waals surface area contributed by atoms with E-state index in [1.54, 1.807) is 0 Å². The Bertz CT molecular complexity index is 476. The Balaban J connectivity index is 1.18. The maximum Gasteiger partial charge on any atom is 0.222 e. The van der Waals surface area contributed by atoms with Crippen molar-refractivity contribution in [2.24, 2.45) is 17.3 Å². The van der Waals surface area contributed by atoms with Crippen molar-refractivity contribution in [2.45, 2.75) is 70.6 Å². The summed E-state index contributed by atoms with van der Waals surface area (Å²) in [5, 5.41) is 0. The predicted molar refractivity (Wildman–Crippen MR) is 111 cm³/mol. The lowest BCUT2D eigenvalue weighted by atomic mass is 9.71. The van der Waals surface area contributed by atoms with Gasteiger partial charge in [-0.25, -0.2) is 0 Å². The maximum atomic E-state index is 12.6. The molecule has 4 nitrogen and oxygen atoms in total. The number of piperidine rings is 3. The summed E-state index contributed by atoms with van der Waals surface area (Å²) >= 11 is 0. The van der Waals surface area contributed by atoms with Crippen molar-refractivity contribution in [3.8, 4) is 0 Å². The molecular formula is C23H41N3O. The smallest absolute Gasteiger partial charge is 0.222 e. The molecule has 3 aliphatic heterocycles. The van der Waals surface area contributed by atoms with Crippen LogP contribution in [0.4, 0.5) is 0 Å². The summed E-state index contributed by atoms with van der Waals surface area (Å²) in [4.78, 5) is 20.1. The molecule has 0 atom stereocenters. The number of hydrogen-bond acceptors (Lipinski definition) is 3. The molecule has 0 aromatic heterocycles. The molecule has 1 spiro atoms. The Kier molecular flexibility index (Phi) is 6.43. The highest BCUT2D eigenvalue weighted by Gasteiger charge is 2.39. The Morgan fingerprint density at radius 3 is 2.04 bits per heavy atom. The third-order valence-corrected chi connectivity index (χ3v) is 8.39. The van der Waals surface area contributed by atoms with Gasteiger partial charge in [0.15, 0.2) is 0 Å². The molecule has 154 valence electrons. The zero-order valence-electron chi connectivity index (χ0n) is 17.6. The molecule has 4 fully saturated rings. The fraction of sp³-hybridized carbons (Fsp3) is 0.957. The molecule has 1 amide bonds. The monoisotopic (exact) mass is 375 g/mol. The van der Waals surface area contributed by atoms with E-state index in [-0.39, 0.29) is 0 Å². The van der Waals surface area contributed by atoms with Crippen molar-refractivity contribution in [2.75, 3.05) is 52.9 Å². The molecule has 0 radical (unpaired) electrons. The topological polar surface area (TPSA) is 26.8 Å². The molecule has 1 aliphatic carbocycles. The minimum atomic E-state index is 0.455. The van der Waals surface area contributed by atoms with Crippen LogP contribution in [0.5, 0.6) is 0 Å². The van der Waals surface area contributed by atoms with E-state index in [0.717, 1.165) is 25.4 Å². The second-order valence-electron chi connectivity index (χ2n) is 10.3. The van der Waals surface area contributed by atoms with Gasteiger partial charge in [-0.2, -0.15) is 0 Å². The van der Waals surface area contributed by atoms with E-state index in [0.29, 0.717) is 17.2 Å². The molecule has 4 aliphatic rings. The molecule has 27 heavy (non-hydrogen) atoms. The normalized spacial score (nSPS) is 28.9. The first kappa shape index (κ1) is 19.7. The van der Waals surface area contributed by atoms with Gasteiger partial charge in [-0.3, -0.25) is 4.79 Å². The van der Waals surface area contributed by atoms with Crippen LogP contribution in [0.1, 0.15) is 70.6 Å². The molecule has 4 rings (SSSR count). The number of nitrogens with zero attached hydrogens (tertiary/aromatic N) is 3. The van der Waals surface area contributed by atoms with Crippen molar-refractivity contribution < 1.29 is 4.79 Å².